The van der Waals surface area contributed by atoms with Crippen LogP contribution in [-0.2, 0) is 0 Å². The maximum absolute atomic E-state index is 10.8. The molecule has 98 valence electrons. The van der Waals surface area contributed by atoms with Crippen molar-refractivity contribution >= 4 is 38.7 Å². The largest absolute Gasteiger partial charge is 0.441 e. The molecule has 0 amide bonds. The van der Waals surface area contributed by atoms with Crippen LogP contribution >= 0.6 is 0 Å². The maximum Gasteiger partial charge on any atom is 0.434 e. The van der Waals surface area contributed by atoms with Gasteiger partial charge in [0, 0.05) is 17.7 Å². The number of furan rings is 1. The van der Waals surface area contributed by atoms with Crippen LogP contribution in [0.3, 0.4) is 0 Å². The molecule has 0 unspecified atom stereocenters. The lowest BCUT2D eigenvalue weighted by atomic mass is 10.1. The molecule has 0 fully saturated rings. The topological polar surface area (TPSA) is 82.3 Å². The SMILES string of the molecule is Cc1nc2c(ccc3c4cc([N+](=O)[O-])oc4ccc32)o1. The van der Waals surface area contributed by atoms with Crippen LogP contribution in [0, 0.1) is 17.0 Å². The van der Waals surface area contributed by atoms with Crippen molar-refractivity contribution in [3.05, 3.63) is 46.3 Å². The molecule has 0 atom stereocenters. The quantitative estimate of drug-likeness (QED) is 0.385. The van der Waals surface area contributed by atoms with Gasteiger partial charge in [0.1, 0.15) is 16.0 Å². The summed E-state index contributed by atoms with van der Waals surface area (Å²) in [4.78, 5) is 14.6. The van der Waals surface area contributed by atoms with Crippen LogP contribution in [0.5, 0.6) is 0 Å². The molecule has 0 aliphatic rings. The van der Waals surface area contributed by atoms with E-state index in [1.54, 1.807) is 13.0 Å². The maximum atomic E-state index is 10.8. The Morgan fingerprint density at radius 1 is 1.05 bits per heavy atom. The zero-order chi connectivity index (χ0) is 13.9. The van der Waals surface area contributed by atoms with Crippen molar-refractivity contribution in [3.63, 3.8) is 0 Å². The van der Waals surface area contributed by atoms with E-state index in [2.05, 4.69) is 4.98 Å². The van der Waals surface area contributed by atoms with Crippen molar-refractivity contribution in [2.24, 2.45) is 0 Å². The number of nitro groups is 1. The summed E-state index contributed by atoms with van der Waals surface area (Å²) in [5.74, 6) is 0.328. The Balaban J connectivity index is 2.18. The summed E-state index contributed by atoms with van der Waals surface area (Å²) in [6, 6.07) is 8.68. The Bertz CT molecular complexity index is 997. The summed E-state index contributed by atoms with van der Waals surface area (Å²) in [5.41, 5.74) is 1.95. The lowest BCUT2D eigenvalue weighted by molar-refractivity contribution is -0.401. The fourth-order valence-electron chi connectivity index (χ4n) is 2.50. The first-order chi connectivity index (χ1) is 9.63. The van der Waals surface area contributed by atoms with Crippen LogP contribution in [0.25, 0.3) is 32.8 Å². The number of hydrogen-bond donors (Lipinski definition) is 0. The number of rotatable bonds is 1. The first-order valence-corrected chi connectivity index (χ1v) is 6.00. The number of benzene rings is 2. The Morgan fingerprint density at radius 3 is 2.60 bits per heavy atom. The summed E-state index contributed by atoms with van der Waals surface area (Å²) >= 11 is 0. The standard InChI is InChI=1S/C14H8N2O4/c1-7-15-14-9-3-4-11-10(6-13(20-11)16(17)18)8(9)2-5-12(14)19-7/h2-6H,1H3. The summed E-state index contributed by atoms with van der Waals surface area (Å²) < 4.78 is 10.7. The minimum absolute atomic E-state index is 0.260. The van der Waals surface area contributed by atoms with Gasteiger partial charge in [0.15, 0.2) is 11.5 Å². The van der Waals surface area contributed by atoms with E-state index < -0.39 is 4.92 Å². The van der Waals surface area contributed by atoms with Crippen molar-refractivity contribution < 1.29 is 13.8 Å². The number of aromatic nitrogens is 1. The molecule has 6 nitrogen and oxygen atoms in total. The second-order valence-electron chi connectivity index (χ2n) is 4.56. The Morgan fingerprint density at radius 2 is 1.80 bits per heavy atom. The molecule has 0 bridgehead atoms. The van der Waals surface area contributed by atoms with Crippen LogP contribution in [0.1, 0.15) is 5.89 Å². The van der Waals surface area contributed by atoms with Crippen LogP contribution in [0.4, 0.5) is 5.88 Å². The van der Waals surface area contributed by atoms with E-state index >= 15 is 0 Å². The number of oxazole rings is 1. The minimum atomic E-state index is -0.537. The normalized spacial score (nSPS) is 11.7. The third-order valence-electron chi connectivity index (χ3n) is 3.33. The highest BCUT2D eigenvalue weighted by atomic mass is 16.6. The van der Waals surface area contributed by atoms with Crippen LogP contribution < -0.4 is 0 Å². The van der Waals surface area contributed by atoms with Crippen LogP contribution in [0.15, 0.2) is 39.2 Å². The number of hydrogen-bond acceptors (Lipinski definition) is 5. The molecule has 0 spiro atoms. The highest BCUT2D eigenvalue weighted by molar-refractivity contribution is 6.14. The van der Waals surface area contributed by atoms with Gasteiger partial charge in [-0.2, -0.15) is 0 Å². The minimum Gasteiger partial charge on any atom is -0.441 e. The van der Waals surface area contributed by atoms with Crippen molar-refractivity contribution in [2.75, 3.05) is 0 Å². The molecule has 2 aromatic heterocycles. The van der Waals surface area contributed by atoms with Crippen LogP contribution in [-0.4, -0.2) is 9.91 Å². The molecule has 20 heavy (non-hydrogen) atoms. The van der Waals surface area contributed by atoms with Gasteiger partial charge >= 0.3 is 5.88 Å². The molecule has 2 aromatic carbocycles. The molecule has 0 radical (unpaired) electrons. The predicted molar refractivity (Wildman–Crippen MR) is 72.7 cm³/mol. The summed E-state index contributed by atoms with van der Waals surface area (Å²) in [5, 5.41) is 13.3. The van der Waals surface area contributed by atoms with Gasteiger partial charge in [0.2, 0.25) is 0 Å². The first kappa shape index (κ1) is 11.0. The molecule has 6 heteroatoms. The van der Waals surface area contributed by atoms with Gasteiger partial charge in [-0.3, -0.25) is 10.1 Å². The third-order valence-corrected chi connectivity index (χ3v) is 3.33. The molecule has 0 N–H and O–H groups in total. The molecular formula is C14H8N2O4. The zero-order valence-corrected chi connectivity index (χ0v) is 10.4. The van der Waals surface area contributed by atoms with Crippen molar-refractivity contribution in [1.82, 2.24) is 4.98 Å². The first-order valence-electron chi connectivity index (χ1n) is 6.00. The van der Waals surface area contributed by atoms with E-state index in [4.69, 9.17) is 8.83 Å². The van der Waals surface area contributed by atoms with Gasteiger partial charge < -0.3 is 8.83 Å². The Kier molecular flexibility index (Phi) is 1.96. The predicted octanol–water partition coefficient (Wildman–Crippen LogP) is 3.94. The highest BCUT2D eigenvalue weighted by Crippen LogP contribution is 2.34. The highest BCUT2D eigenvalue weighted by Gasteiger charge is 2.17. The second kappa shape index (κ2) is 3.57. The monoisotopic (exact) mass is 268 g/mol. The van der Waals surface area contributed by atoms with Gasteiger partial charge in [-0.05, 0) is 29.7 Å². The van der Waals surface area contributed by atoms with E-state index in [1.807, 2.05) is 18.2 Å². The summed E-state index contributed by atoms with van der Waals surface area (Å²) in [6.07, 6.45) is 0. The molecule has 0 aliphatic carbocycles. The summed E-state index contributed by atoms with van der Waals surface area (Å²) in [6.45, 7) is 1.78. The second-order valence-corrected chi connectivity index (χ2v) is 4.56. The lowest BCUT2D eigenvalue weighted by Crippen LogP contribution is -1.82. The molecule has 0 saturated heterocycles. The van der Waals surface area contributed by atoms with E-state index in [-0.39, 0.29) is 5.88 Å². The Hall–Kier alpha value is -2.89. The smallest absolute Gasteiger partial charge is 0.434 e. The zero-order valence-electron chi connectivity index (χ0n) is 10.4. The molecule has 0 saturated carbocycles. The fraction of sp³-hybridized carbons (Fsp3) is 0.0714. The average Bonchev–Trinajstić information content (AvgIpc) is 2.99. The van der Waals surface area contributed by atoms with Crippen molar-refractivity contribution in [3.8, 4) is 0 Å². The Labute approximate surface area is 111 Å². The van der Waals surface area contributed by atoms with E-state index in [0.29, 0.717) is 22.4 Å². The molecular weight excluding hydrogens is 260 g/mol. The fourth-order valence-corrected chi connectivity index (χ4v) is 2.50. The number of nitrogens with zero attached hydrogens (tertiary/aromatic N) is 2. The van der Waals surface area contributed by atoms with E-state index in [9.17, 15) is 10.1 Å². The molecule has 4 aromatic rings. The van der Waals surface area contributed by atoms with E-state index in [1.165, 1.54) is 6.07 Å². The van der Waals surface area contributed by atoms with Crippen molar-refractivity contribution in [1.29, 1.82) is 0 Å². The number of aryl methyl sites for hydroxylation is 1. The third kappa shape index (κ3) is 1.36. The van der Waals surface area contributed by atoms with Gasteiger partial charge in [-0.1, -0.05) is 0 Å². The molecule has 0 aliphatic heterocycles. The van der Waals surface area contributed by atoms with Crippen LogP contribution in [0.2, 0.25) is 0 Å². The van der Waals surface area contributed by atoms with E-state index in [0.717, 1.165) is 16.3 Å². The molecule has 2 heterocycles. The number of fused-ring (bicyclic) bond motifs is 5. The van der Waals surface area contributed by atoms with Gasteiger partial charge in [-0.25, -0.2) is 4.98 Å². The van der Waals surface area contributed by atoms with Gasteiger partial charge in [-0.15, -0.1) is 0 Å². The molecule has 4 rings (SSSR count). The van der Waals surface area contributed by atoms with Crippen molar-refractivity contribution in [2.45, 2.75) is 6.92 Å². The summed E-state index contributed by atoms with van der Waals surface area (Å²) in [7, 11) is 0. The van der Waals surface area contributed by atoms with Gasteiger partial charge in [0.05, 0.1) is 6.07 Å². The average molecular weight is 268 g/mol. The van der Waals surface area contributed by atoms with Gasteiger partial charge in [0.25, 0.3) is 0 Å². The lowest BCUT2D eigenvalue weighted by Gasteiger charge is -1.98.